The summed E-state index contributed by atoms with van der Waals surface area (Å²) in [7, 11) is 0. The Bertz CT molecular complexity index is 378. The molecule has 0 spiro atoms. The quantitative estimate of drug-likeness (QED) is 0.917. The van der Waals surface area contributed by atoms with Gasteiger partial charge in [0, 0.05) is 4.47 Å². The lowest BCUT2D eigenvalue weighted by atomic mass is 10.2. The second-order valence-corrected chi connectivity index (χ2v) is 3.89. The Morgan fingerprint density at radius 1 is 1.47 bits per heavy atom. The first-order valence-corrected chi connectivity index (χ1v) is 5.18. The highest BCUT2D eigenvalue weighted by Crippen LogP contribution is 2.24. The molecule has 2 nitrogen and oxygen atoms in total. The summed E-state index contributed by atoms with van der Waals surface area (Å²) in [5.74, 6) is -1.42. The van der Waals surface area contributed by atoms with Gasteiger partial charge in [-0.05, 0) is 18.6 Å². The molecule has 1 aromatic carbocycles. The van der Waals surface area contributed by atoms with Crippen LogP contribution < -0.4 is 5.32 Å². The molecule has 0 aliphatic heterocycles. The van der Waals surface area contributed by atoms with E-state index >= 15 is 0 Å². The molecular weight excluding hydrogens is 266 g/mol. The zero-order valence-electron chi connectivity index (χ0n) is 8.02. The molecule has 80 valence electrons. The Kier molecular flexibility index (Phi) is 4.04. The van der Waals surface area contributed by atoms with Gasteiger partial charge in [-0.25, -0.2) is 8.78 Å². The maximum atomic E-state index is 13.3. The van der Waals surface area contributed by atoms with E-state index in [1.165, 1.54) is 0 Å². The third-order valence-corrected chi connectivity index (χ3v) is 2.35. The van der Waals surface area contributed by atoms with Crippen LogP contribution in [-0.2, 0) is 0 Å². The molecule has 0 aromatic heterocycles. The van der Waals surface area contributed by atoms with Gasteiger partial charge in [-0.3, -0.25) is 0 Å². The van der Waals surface area contributed by atoms with Crippen molar-refractivity contribution in [1.29, 1.82) is 5.26 Å². The molecule has 0 radical (unpaired) electrons. The molecule has 1 aromatic rings. The zero-order chi connectivity index (χ0) is 11.4. The molecule has 0 saturated carbocycles. The number of halogens is 3. The summed E-state index contributed by atoms with van der Waals surface area (Å²) in [6.45, 7) is 1.76. The van der Waals surface area contributed by atoms with Crippen LogP contribution in [0.3, 0.4) is 0 Å². The van der Waals surface area contributed by atoms with Crippen molar-refractivity contribution < 1.29 is 8.78 Å². The molecule has 0 heterocycles. The SMILES string of the molecule is CCC(C#N)Nc1c(F)cc(Br)cc1F. The van der Waals surface area contributed by atoms with Crippen molar-refractivity contribution in [2.75, 3.05) is 5.32 Å². The highest BCUT2D eigenvalue weighted by molar-refractivity contribution is 9.10. The first kappa shape index (κ1) is 11.9. The summed E-state index contributed by atoms with van der Waals surface area (Å²) in [5.41, 5.74) is -0.258. The van der Waals surface area contributed by atoms with E-state index in [1.807, 2.05) is 6.07 Å². The Balaban J connectivity index is 3.00. The van der Waals surface area contributed by atoms with Gasteiger partial charge in [-0.1, -0.05) is 22.9 Å². The van der Waals surface area contributed by atoms with Gasteiger partial charge < -0.3 is 5.32 Å². The second-order valence-electron chi connectivity index (χ2n) is 2.98. The van der Waals surface area contributed by atoms with E-state index in [9.17, 15) is 8.78 Å². The van der Waals surface area contributed by atoms with Crippen LogP contribution in [0.5, 0.6) is 0 Å². The molecule has 1 N–H and O–H groups in total. The fourth-order valence-corrected chi connectivity index (χ4v) is 1.48. The molecule has 1 atom stereocenters. The van der Waals surface area contributed by atoms with Gasteiger partial charge in [0.15, 0.2) is 0 Å². The minimum Gasteiger partial charge on any atom is -0.365 e. The highest BCUT2D eigenvalue weighted by atomic mass is 79.9. The van der Waals surface area contributed by atoms with Crippen LogP contribution in [0.2, 0.25) is 0 Å². The molecule has 15 heavy (non-hydrogen) atoms. The van der Waals surface area contributed by atoms with E-state index in [0.29, 0.717) is 10.9 Å². The van der Waals surface area contributed by atoms with E-state index in [4.69, 9.17) is 5.26 Å². The zero-order valence-corrected chi connectivity index (χ0v) is 9.61. The van der Waals surface area contributed by atoms with Gasteiger partial charge in [-0.2, -0.15) is 5.26 Å². The van der Waals surface area contributed by atoms with Crippen molar-refractivity contribution in [3.05, 3.63) is 28.2 Å². The largest absolute Gasteiger partial charge is 0.365 e. The average Bonchev–Trinajstić information content (AvgIpc) is 2.17. The minimum absolute atomic E-state index is 0.258. The normalized spacial score (nSPS) is 11.9. The fraction of sp³-hybridized carbons (Fsp3) is 0.300. The number of nitrogens with one attached hydrogen (secondary N) is 1. The van der Waals surface area contributed by atoms with Crippen molar-refractivity contribution in [2.45, 2.75) is 19.4 Å². The van der Waals surface area contributed by atoms with Crippen LogP contribution in [0.25, 0.3) is 0 Å². The van der Waals surface area contributed by atoms with Gasteiger partial charge in [0.2, 0.25) is 0 Å². The standard InChI is InChI=1S/C10H9BrF2N2/c1-2-7(5-14)15-10-8(12)3-6(11)4-9(10)13/h3-4,7,15H,2H2,1H3. The maximum Gasteiger partial charge on any atom is 0.150 e. The lowest BCUT2D eigenvalue weighted by Gasteiger charge is -2.12. The third kappa shape index (κ3) is 2.90. The lowest BCUT2D eigenvalue weighted by molar-refractivity contribution is 0.583. The third-order valence-electron chi connectivity index (χ3n) is 1.89. The number of anilines is 1. The predicted molar refractivity (Wildman–Crippen MR) is 57.4 cm³/mol. The van der Waals surface area contributed by atoms with E-state index in [0.717, 1.165) is 12.1 Å². The number of nitrogens with zero attached hydrogens (tertiary/aromatic N) is 1. The monoisotopic (exact) mass is 274 g/mol. The lowest BCUT2D eigenvalue weighted by Crippen LogP contribution is -2.17. The van der Waals surface area contributed by atoms with Gasteiger partial charge in [0.05, 0.1) is 6.07 Å². The molecule has 0 saturated heterocycles. The summed E-state index contributed by atoms with van der Waals surface area (Å²) in [6, 6.07) is 3.62. The summed E-state index contributed by atoms with van der Waals surface area (Å²) in [4.78, 5) is 0. The molecule has 0 fully saturated rings. The van der Waals surface area contributed by atoms with Crippen LogP contribution in [0.4, 0.5) is 14.5 Å². The van der Waals surface area contributed by atoms with E-state index < -0.39 is 17.7 Å². The van der Waals surface area contributed by atoms with Crippen molar-refractivity contribution in [1.82, 2.24) is 0 Å². The Morgan fingerprint density at radius 2 is 2.00 bits per heavy atom. The summed E-state index contributed by atoms with van der Waals surface area (Å²) in [5, 5.41) is 11.2. The topological polar surface area (TPSA) is 35.8 Å². The van der Waals surface area contributed by atoms with Crippen LogP contribution >= 0.6 is 15.9 Å². The molecule has 1 unspecified atom stereocenters. The number of nitriles is 1. The van der Waals surface area contributed by atoms with Crippen molar-refractivity contribution in [3.8, 4) is 6.07 Å². The van der Waals surface area contributed by atoms with Gasteiger partial charge in [0.1, 0.15) is 23.4 Å². The van der Waals surface area contributed by atoms with Crippen molar-refractivity contribution in [3.63, 3.8) is 0 Å². The second kappa shape index (κ2) is 5.08. The van der Waals surface area contributed by atoms with Crippen LogP contribution in [0.1, 0.15) is 13.3 Å². The summed E-state index contributed by atoms with van der Waals surface area (Å²) in [6.07, 6.45) is 0.478. The van der Waals surface area contributed by atoms with Crippen LogP contribution in [0, 0.1) is 23.0 Å². The van der Waals surface area contributed by atoms with Crippen molar-refractivity contribution in [2.24, 2.45) is 0 Å². The Morgan fingerprint density at radius 3 is 2.40 bits per heavy atom. The van der Waals surface area contributed by atoms with E-state index in [1.54, 1.807) is 6.92 Å². The van der Waals surface area contributed by atoms with Gasteiger partial charge in [-0.15, -0.1) is 0 Å². The average molecular weight is 275 g/mol. The molecule has 0 aliphatic carbocycles. The van der Waals surface area contributed by atoms with Crippen LogP contribution in [0.15, 0.2) is 16.6 Å². The molecule has 0 bridgehead atoms. The number of benzene rings is 1. The Labute approximate surface area is 95.0 Å². The molecule has 0 aliphatic rings. The summed E-state index contributed by atoms with van der Waals surface area (Å²) < 4.78 is 26.9. The van der Waals surface area contributed by atoms with Gasteiger partial charge >= 0.3 is 0 Å². The van der Waals surface area contributed by atoms with Crippen molar-refractivity contribution >= 4 is 21.6 Å². The predicted octanol–water partition coefficient (Wildman–Crippen LogP) is 3.44. The van der Waals surface area contributed by atoms with Crippen LogP contribution in [-0.4, -0.2) is 6.04 Å². The number of rotatable bonds is 3. The first-order chi connectivity index (χ1) is 7.08. The maximum absolute atomic E-state index is 13.3. The minimum atomic E-state index is -0.712. The highest BCUT2D eigenvalue weighted by Gasteiger charge is 2.13. The van der Waals surface area contributed by atoms with Gasteiger partial charge in [0.25, 0.3) is 0 Å². The Hall–Kier alpha value is -1.15. The van der Waals surface area contributed by atoms with E-state index in [2.05, 4.69) is 21.2 Å². The fourth-order valence-electron chi connectivity index (χ4n) is 1.08. The smallest absolute Gasteiger partial charge is 0.150 e. The summed E-state index contributed by atoms with van der Waals surface area (Å²) >= 11 is 2.97. The molecule has 5 heteroatoms. The molecule has 0 amide bonds. The van der Waals surface area contributed by atoms with E-state index in [-0.39, 0.29) is 5.69 Å². The first-order valence-electron chi connectivity index (χ1n) is 4.39. The molecule has 1 rings (SSSR count). The molecular formula is C10H9BrF2N2. The number of hydrogen-bond donors (Lipinski definition) is 1. The number of hydrogen-bond acceptors (Lipinski definition) is 2.